The molecule has 5 nitrogen and oxygen atoms in total. The summed E-state index contributed by atoms with van der Waals surface area (Å²) in [4.78, 5) is 14.6. The number of nitro groups is 1. The molecule has 0 amide bonds. The minimum Gasteiger partial charge on any atom is -0.370 e. The van der Waals surface area contributed by atoms with Crippen molar-refractivity contribution in [1.82, 2.24) is 0 Å². The number of ether oxygens (including phenoxy) is 1. The smallest absolute Gasteiger partial charge is 0.269 e. The lowest BCUT2D eigenvalue weighted by atomic mass is 10.1. The second-order valence-corrected chi connectivity index (χ2v) is 4.15. The Kier molecular flexibility index (Phi) is 3.21. The molecule has 0 saturated heterocycles. The number of hydrogen-bond acceptors (Lipinski definition) is 5. The highest BCUT2D eigenvalue weighted by Gasteiger charge is 2.14. The number of nitrogens with zero attached hydrogens (tertiary/aromatic N) is 2. The SMILES string of the molecule is CSC1=Nc2ccc([N+](=O)[O-])cc2COC1. The van der Waals surface area contributed by atoms with Crippen LogP contribution in [0.4, 0.5) is 11.4 Å². The molecular formula is C10H10N2O3S. The molecule has 84 valence electrons. The van der Waals surface area contributed by atoms with Crippen LogP contribution in [0.15, 0.2) is 23.2 Å². The van der Waals surface area contributed by atoms with Crippen molar-refractivity contribution in [2.45, 2.75) is 6.61 Å². The van der Waals surface area contributed by atoms with E-state index >= 15 is 0 Å². The van der Waals surface area contributed by atoms with Gasteiger partial charge in [-0.1, -0.05) is 0 Å². The van der Waals surface area contributed by atoms with Gasteiger partial charge in [0.25, 0.3) is 5.69 Å². The van der Waals surface area contributed by atoms with E-state index in [2.05, 4.69) is 4.99 Å². The topological polar surface area (TPSA) is 64.7 Å². The minimum absolute atomic E-state index is 0.0742. The van der Waals surface area contributed by atoms with Crippen molar-refractivity contribution in [3.8, 4) is 0 Å². The zero-order valence-corrected chi connectivity index (χ0v) is 9.49. The Balaban J connectivity index is 2.42. The summed E-state index contributed by atoms with van der Waals surface area (Å²) in [6, 6.07) is 4.64. The largest absolute Gasteiger partial charge is 0.370 e. The van der Waals surface area contributed by atoms with Crippen LogP contribution in [0.2, 0.25) is 0 Å². The summed E-state index contributed by atoms with van der Waals surface area (Å²) in [5, 5.41) is 11.5. The number of benzene rings is 1. The summed E-state index contributed by atoms with van der Waals surface area (Å²) in [6.45, 7) is 0.828. The second-order valence-electron chi connectivity index (χ2n) is 3.27. The van der Waals surface area contributed by atoms with E-state index in [1.54, 1.807) is 6.07 Å². The molecule has 0 atom stereocenters. The van der Waals surface area contributed by atoms with Gasteiger partial charge in [-0.25, -0.2) is 4.99 Å². The van der Waals surface area contributed by atoms with Gasteiger partial charge in [0.1, 0.15) is 0 Å². The summed E-state index contributed by atoms with van der Waals surface area (Å²) in [5.41, 5.74) is 1.59. The Morgan fingerprint density at radius 1 is 1.50 bits per heavy atom. The molecule has 0 bridgehead atoms. The highest BCUT2D eigenvalue weighted by molar-refractivity contribution is 8.13. The van der Waals surface area contributed by atoms with Gasteiger partial charge in [-0.2, -0.15) is 0 Å². The van der Waals surface area contributed by atoms with Crippen LogP contribution < -0.4 is 0 Å². The molecule has 16 heavy (non-hydrogen) atoms. The predicted molar refractivity (Wildman–Crippen MR) is 63.4 cm³/mol. The quantitative estimate of drug-likeness (QED) is 0.557. The average Bonchev–Trinajstić information content (AvgIpc) is 2.49. The summed E-state index contributed by atoms with van der Waals surface area (Å²) in [7, 11) is 0. The molecule has 0 saturated carbocycles. The maximum atomic E-state index is 10.6. The fourth-order valence-corrected chi connectivity index (χ4v) is 1.82. The molecule has 0 aliphatic carbocycles. The normalized spacial score (nSPS) is 14.9. The molecule has 0 fully saturated rings. The summed E-state index contributed by atoms with van der Waals surface area (Å²) in [6.07, 6.45) is 1.93. The summed E-state index contributed by atoms with van der Waals surface area (Å²) in [5.74, 6) is 0. The lowest BCUT2D eigenvalue weighted by Gasteiger charge is -2.01. The van der Waals surface area contributed by atoms with Gasteiger partial charge in [0, 0.05) is 17.7 Å². The van der Waals surface area contributed by atoms with Crippen LogP contribution in [-0.4, -0.2) is 22.8 Å². The van der Waals surface area contributed by atoms with Crippen LogP contribution in [0.3, 0.4) is 0 Å². The molecule has 1 aliphatic heterocycles. The van der Waals surface area contributed by atoms with E-state index in [0.29, 0.717) is 13.2 Å². The van der Waals surface area contributed by atoms with Gasteiger partial charge in [-0.3, -0.25) is 10.1 Å². The number of aliphatic imine (C=N–C) groups is 1. The Morgan fingerprint density at radius 3 is 3.00 bits per heavy atom. The fourth-order valence-electron chi connectivity index (χ4n) is 1.43. The third-order valence-electron chi connectivity index (χ3n) is 2.24. The van der Waals surface area contributed by atoms with Crippen LogP contribution >= 0.6 is 11.8 Å². The molecule has 1 aromatic carbocycles. The van der Waals surface area contributed by atoms with Gasteiger partial charge < -0.3 is 4.74 Å². The van der Waals surface area contributed by atoms with E-state index in [4.69, 9.17) is 4.74 Å². The molecule has 1 aromatic rings. The summed E-state index contributed by atoms with van der Waals surface area (Å²) >= 11 is 1.52. The monoisotopic (exact) mass is 238 g/mol. The van der Waals surface area contributed by atoms with E-state index in [1.165, 1.54) is 23.9 Å². The Labute approximate surface area is 96.7 Å². The van der Waals surface area contributed by atoms with Gasteiger partial charge in [-0.15, -0.1) is 11.8 Å². The molecule has 2 rings (SSSR count). The Morgan fingerprint density at radius 2 is 2.31 bits per heavy atom. The first kappa shape index (κ1) is 11.1. The summed E-state index contributed by atoms with van der Waals surface area (Å²) < 4.78 is 5.38. The standard InChI is InChI=1S/C10H10N2O3S/c1-16-10-6-15-5-7-4-8(12(13)14)2-3-9(7)11-10/h2-4H,5-6H2,1H3. The number of rotatable bonds is 1. The lowest BCUT2D eigenvalue weighted by Crippen LogP contribution is -2.01. The van der Waals surface area contributed by atoms with Gasteiger partial charge in [0.2, 0.25) is 0 Å². The van der Waals surface area contributed by atoms with Crippen molar-refractivity contribution in [2.75, 3.05) is 12.9 Å². The average molecular weight is 238 g/mol. The van der Waals surface area contributed by atoms with Crippen LogP contribution in [0.5, 0.6) is 0 Å². The number of fused-ring (bicyclic) bond motifs is 1. The van der Waals surface area contributed by atoms with Crippen LogP contribution in [-0.2, 0) is 11.3 Å². The number of thioether (sulfide) groups is 1. The Bertz CT molecular complexity index is 459. The van der Waals surface area contributed by atoms with E-state index < -0.39 is 4.92 Å². The van der Waals surface area contributed by atoms with Gasteiger partial charge in [0.05, 0.1) is 28.9 Å². The van der Waals surface area contributed by atoms with Crippen molar-refractivity contribution in [1.29, 1.82) is 0 Å². The van der Waals surface area contributed by atoms with Crippen molar-refractivity contribution in [2.24, 2.45) is 4.99 Å². The van der Waals surface area contributed by atoms with Crippen molar-refractivity contribution in [3.63, 3.8) is 0 Å². The molecule has 0 unspecified atom stereocenters. The van der Waals surface area contributed by atoms with Gasteiger partial charge >= 0.3 is 0 Å². The van der Waals surface area contributed by atoms with E-state index in [9.17, 15) is 10.1 Å². The first-order chi connectivity index (χ1) is 7.70. The second kappa shape index (κ2) is 4.63. The lowest BCUT2D eigenvalue weighted by molar-refractivity contribution is -0.384. The van der Waals surface area contributed by atoms with E-state index in [0.717, 1.165) is 16.3 Å². The van der Waals surface area contributed by atoms with Crippen molar-refractivity contribution in [3.05, 3.63) is 33.9 Å². The van der Waals surface area contributed by atoms with Crippen LogP contribution in [0.25, 0.3) is 0 Å². The molecule has 6 heteroatoms. The first-order valence-corrected chi connectivity index (χ1v) is 5.90. The molecule has 0 N–H and O–H groups in total. The third-order valence-corrected chi connectivity index (χ3v) is 2.92. The van der Waals surface area contributed by atoms with E-state index in [-0.39, 0.29) is 5.69 Å². The molecule has 0 aromatic heterocycles. The van der Waals surface area contributed by atoms with Gasteiger partial charge in [0.15, 0.2) is 0 Å². The zero-order chi connectivity index (χ0) is 11.5. The number of nitro benzene ring substituents is 1. The van der Waals surface area contributed by atoms with E-state index in [1.807, 2.05) is 6.26 Å². The van der Waals surface area contributed by atoms with Crippen molar-refractivity contribution >= 4 is 28.2 Å². The Hall–Kier alpha value is -1.40. The molecule has 0 radical (unpaired) electrons. The molecule has 0 spiro atoms. The van der Waals surface area contributed by atoms with Crippen LogP contribution in [0, 0.1) is 10.1 Å². The third kappa shape index (κ3) is 2.23. The number of hydrogen-bond donors (Lipinski definition) is 0. The maximum absolute atomic E-state index is 10.6. The highest BCUT2D eigenvalue weighted by atomic mass is 32.2. The van der Waals surface area contributed by atoms with Crippen molar-refractivity contribution < 1.29 is 9.66 Å². The predicted octanol–water partition coefficient (Wildman–Crippen LogP) is 2.52. The first-order valence-electron chi connectivity index (χ1n) is 4.67. The van der Waals surface area contributed by atoms with Gasteiger partial charge in [-0.05, 0) is 12.3 Å². The fraction of sp³-hybridized carbons (Fsp3) is 0.300. The minimum atomic E-state index is -0.412. The molecule has 1 heterocycles. The molecule has 1 aliphatic rings. The maximum Gasteiger partial charge on any atom is 0.269 e. The zero-order valence-electron chi connectivity index (χ0n) is 8.67. The highest BCUT2D eigenvalue weighted by Crippen LogP contribution is 2.28. The number of non-ortho nitro benzene ring substituents is 1. The molecular weight excluding hydrogens is 228 g/mol. The van der Waals surface area contributed by atoms with Crippen LogP contribution in [0.1, 0.15) is 5.56 Å².